The molecule has 2 heterocycles. The van der Waals surface area contributed by atoms with Crippen LogP contribution in [0.25, 0.3) is 16.9 Å². The molecule has 2 aromatic heterocycles. The van der Waals surface area contributed by atoms with E-state index in [1.165, 1.54) is 12.1 Å². The summed E-state index contributed by atoms with van der Waals surface area (Å²) in [6.07, 6.45) is 0.600. The van der Waals surface area contributed by atoms with Crippen LogP contribution in [-0.2, 0) is 13.0 Å². The third-order valence-electron chi connectivity index (χ3n) is 4.79. The van der Waals surface area contributed by atoms with Gasteiger partial charge >= 0.3 is 5.97 Å². The lowest BCUT2D eigenvalue weighted by Gasteiger charge is -2.11. The van der Waals surface area contributed by atoms with E-state index < -0.39 is 5.97 Å². The van der Waals surface area contributed by atoms with Crippen LogP contribution in [0.15, 0.2) is 48.5 Å². The first-order valence-electron chi connectivity index (χ1n) is 9.54. The Morgan fingerprint density at radius 1 is 1.13 bits per heavy atom. The topological polar surface area (TPSA) is 92.9 Å². The average molecular weight is 405 g/mol. The van der Waals surface area contributed by atoms with E-state index in [9.17, 15) is 14.3 Å². The number of carboxylic acids is 1. The Kier molecular flexibility index (Phi) is 5.14. The van der Waals surface area contributed by atoms with Gasteiger partial charge in [-0.1, -0.05) is 25.1 Å². The number of aromatic carboxylic acids is 1. The molecule has 0 amide bonds. The highest BCUT2D eigenvalue weighted by Crippen LogP contribution is 2.26. The Hall–Kier alpha value is -3.81. The van der Waals surface area contributed by atoms with E-state index in [0.29, 0.717) is 41.6 Å². The minimum Gasteiger partial charge on any atom is -0.478 e. The van der Waals surface area contributed by atoms with Gasteiger partial charge in [0.1, 0.15) is 11.6 Å². The first-order valence-corrected chi connectivity index (χ1v) is 9.54. The number of hydrogen-bond acceptors (Lipinski definition) is 5. The fraction of sp³-hybridized carbons (Fsp3) is 0.182. The molecule has 2 aromatic carbocycles. The van der Waals surface area contributed by atoms with E-state index in [-0.39, 0.29) is 11.4 Å². The van der Waals surface area contributed by atoms with Gasteiger partial charge in [-0.2, -0.15) is 15.0 Å². The molecule has 30 heavy (non-hydrogen) atoms. The monoisotopic (exact) mass is 405 g/mol. The standard InChI is InChI=1S/C22H20FN5O2/c1-3-19-25-21(24-12-14-6-4-7-15(23)11-14)27-22(26-19)28-13(2)10-17-16(20(29)30)8-5-9-18(17)28/h4-11H,3,12H2,1-2H3,(H,29,30)(H,24,25,26,27). The van der Waals surface area contributed by atoms with Gasteiger partial charge in [0, 0.05) is 24.0 Å². The minimum atomic E-state index is -0.986. The second kappa shape index (κ2) is 7.90. The molecule has 0 saturated heterocycles. The lowest BCUT2D eigenvalue weighted by atomic mass is 10.1. The predicted octanol–water partition coefficient (Wildman–Crippen LogP) is 4.14. The zero-order valence-electron chi connectivity index (χ0n) is 16.6. The Labute approximate surface area is 172 Å². The molecule has 2 N–H and O–H groups in total. The summed E-state index contributed by atoms with van der Waals surface area (Å²) >= 11 is 0. The Morgan fingerprint density at radius 2 is 1.93 bits per heavy atom. The molecular weight excluding hydrogens is 385 g/mol. The molecule has 0 spiro atoms. The van der Waals surface area contributed by atoms with Crippen LogP contribution in [0.1, 0.15) is 34.4 Å². The van der Waals surface area contributed by atoms with Gasteiger partial charge < -0.3 is 10.4 Å². The van der Waals surface area contributed by atoms with E-state index >= 15 is 0 Å². The molecule has 0 bridgehead atoms. The van der Waals surface area contributed by atoms with Crippen LogP contribution in [0.5, 0.6) is 0 Å². The van der Waals surface area contributed by atoms with Crippen LogP contribution >= 0.6 is 0 Å². The van der Waals surface area contributed by atoms with Crippen molar-refractivity contribution in [2.45, 2.75) is 26.8 Å². The molecule has 0 radical (unpaired) electrons. The normalized spacial score (nSPS) is 11.0. The van der Waals surface area contributed by atoms with Gasteiger partial charge in [0.25, 0.3) is 0 Å². The molecule has 4 rings (SSSR count). The van der Waals surface area contributed by atoms with Gasteiger partial charge in [-0.15, -0.1) is 0 Å². The van der Waals surface area contributed by atoms with Gasteiger partial charge in [-0.05, 0) is 42.8 Å². The summed E-state index contributed by atoms with van der Waals surface area (Å²) in [6.45, 7) is 4.18. The lowest BCUT2D eigenvalue weighted by Crippen LogP contribution is -2.12. The number of carboxylic acid groups (broad SMARTS) is 1. The first-order chi connectivity index (χ1) is 14.5. The van der Waals surface area contributed by atoms with Crippen molar-refractivity contribution in [1.29, 1.82) is 0 Å². The molecule has 7 nitrogen and oxygen atoms in total. The van der Waals surface area contributed by atoms with E-state index in [1.807, 2.05) is 36.6 Å². The fourth-order valence-corrected chi connectivity index (χ4v) is 3.39. The van der Waals surface area contributed by atoms with Crippen LogP contribution in [0.3, 0.4) is 0 Å². The summed E-state index contributed by atoms with van der Waals surface area (Å²) in [5.74, 6) is 0.0800. The summed E-state index contributed by atoms with van der Waals surface area (Å²) < 4.78 is 15.2. The van der Waals surface area contributed by atoms with E-state index in [4.69, 9.17) is 0 Å². The number of benzene rings is 2. The molecule has 0 aliphatic heterocycles. The molecule has 152 valence electrons. The molecule has 0 fully saturated rings. The zero-order chi connectivity index (χ0) is 21.3. The van der Waals surface area contributed by atoms with Crippen molar-refractivity contribution in [3.05, 3.63) is 77.0 Å². The van der Waals surface area contributed by atoms with Crippen LogP contribution in [0, 0.1) is 12.7 Å². The lowest BCUT2D eigenvalue weighted by molar-refractivity contribution is 0.0699. The number of anilines is 1. The van der Waals surface area contributed by atoms with Crippen molar-refractivity contribution in [2.24, 2.45) is 0 Å². The summed E-state index contributed by atoms with van der Waals surface area (Å²) in [5.41, 5.74) is 2.51. The van der Waals surface area contributed by atoms with Gasteiger partial charge in [0.05, 0.1) is 11.1 Å². The number of halogens is 1. The summed E-state index contributed by atoms with van der Waals surface area (Å²) in [7, 11) is 0. The van der Waals surface area contributed by atoms with Crippen molar-refractivity contribution >= 4 is 22.8 Å². The smallest absolute Gasteiger partial charge is 0.336 e. The second-order valence-electron chi connectivity index (χ2n) is 6.88. The number of carbonyl (C=O) groups is 1. The largest absolute Gasteiger partial charge is 0.478 e. The quantitative estimate of drug-likeness (QED) is 0.501. The Balaban J connectivity index is 1.76. The Bertz CT molecular complexity index is 1250. The highest BCUT2D eigenvalue weighted by molar-refractivity contribution is 6.03. The molecule has 4 aromatic rings. The number of aryl methyl sites for hydroxylation is 2. The average Bonchev–Trinajstić information content (AvgIpc) is 3.07. The minimum absolute atomic E-state index is 0.226. The Morgan fingerprint density at radius 3 is 2.67 bits per heavy atom. The third kappa shape index (κ3) is 3.71. The molecular formula is C22H20FN5O2. The number of aromatic nitrogens is 4. The van der Waals surface area contributed by atoms with E-state index in [1.54, 1.807) is 18.2 Å². The van der Waals surface area contributed by atoms with Crippen molar-refractivity contribution < 1.29 is 14.3 Å². The van der Waals surface area contributed by atoms with Crippen molar-refractivity contribution in [3.63, 3.8) is 0 Å². The molecule has 0 aliphatic carbocycles. The van der Waals surface area contributed by atoms with Gasteiger partial charge in [0.15, 0.2) is 0 Å². The maximum atomic E-state index is 13.4. The number of hydrogen-bond donors (Lipinski definition) is 2. The fourth-order valence-electron chi connectivity index (χ4n) is 3.39. The van der Waals surface area contributed by atoms with E-state index in [0.717, 1.165) is 11.3 Å². The molecule has 0 saturated carbocycles. The van der Waals surface area contributed by atoms with Crippen molar-refractivity contribution in [2.75, 3.05) is 5.32 Å². The first kappa shape index (κ1) is 19.5. The maximum absolute atomic E-state index is 13.4. The number of rotatable bonds is 6. The van der Waals surface area contributed by atoms with Crippen LogP contribution in [-0.4, -0.2) is 30.6 Å². The van der Waals surface area contributed by atoms with Crippen LogP contribution < -0.4 is 5.32 Å². The van der Waals surface area contributed by atoms with Gasteiger partial charge in [-0.25, -0.2) is 9.18 Å². The second-order valence-corrected chi connectivity index (χ2v) is 6.88. The highest BCUT2D eigenvalue weighted by Gasteiger charge is 2.17. The maximum Gasteiger partial charge on any atom is 0.336 e. The highest BCUT2D eigenvalue weighted by atomic mass is 19.1. The molecule has 0 atom stereocenters. The van der Waals surface area contributed by atoms with Crippen molar-refractivity contribution in [1.82, 2.24) is 19.5 Å². The zero-order valence-corrected chi connectivity index (χ0v) is 16.6. The molecule has 0 aliphatic rings. The molecule has 0 unspecified atom stereocenters. The van der Waals surface area contributed by atoms with Crippen LogP contribution in [0.2, 0.25) is 0 Å². The summed E-state index contributed by atoms with van der Waals surface area (Å²) in [4.78, 5) is 25.1. The summed E-state index contributed by atoms with van der Waals surface area (Å²) in [6, 6.07) is 13.2. The van der Waals surface area contributed by atoms with Gasteiger partial charge in [0.2, 0.25) is 11.9 Å². The van der Waals surface area contributed by atoms with Gasteiger partial charge in [-0.3, -0.25) is 4.57 Å². The predicted molar refractivity (Wildman–Crippen MR) is 111 cm³/mol. The third-order valence-corrected chi connectivity index (χ3v) is 4.79. The number of nitrogens with zero attached hydrogens (tertiary/aromatic N) is 4. The SMILES string of the molecule is CCc1nc(NCc2cccc(F)c2)nc(-n2c(C)cc3c(C(=O)O)cccc32)n1. The van der Waals surface area contributed by atoms with Crippen LogP contribution in [0.4, 0.5) is 10.3 Å². The number of fused-ring (bicyclic) bond motifs is 1. The van der Waals surface area contributed by atoms with Crippen molar-refractivity contribution in [3.8, 4) is 5.95 Å². The molecule has 8 heteroatoms. The summed E-state index contributed by atoms with van der Waals surface area (Å²) in [5, 5.41) is 13.2. The van der Waals surface area contributed by atoms with E-state index in [2.05, 4.69) is 20.3 Å². The number of nitrogens with one attached hydrogen (secondary N) is 1.